The molecule has 0 unspecified atom stereocenters. The molecule has 4 fully saturated rings. The van der Waals surface area contributed by atoms with Crippen molar-refractivity contribution in [2.45, 2.75) is 44.7 Å². The molecular formula is C12H17FO. The molecule has 1 atom stereocenters. The van der Waals surface area contributed by atoms with E-state index in [-0.39, 0.29) is 5.41 Å². The molecular weight excluding hydrogens is 179 g/mol. The van der Waals surface area contributed by atoms with Crippen molar-refractivity contribution in [3.8, 4) is 0 Å². The Bertz CT molecular complexity index is 226. The molecule has 4 rings (SSSR count). The molecule has 0 radical (unpaired) electrons. The molecule has 0 aliphatic heterocycles. The third-order valence-electron chi connectivity index (χ3n) is 4.79. The van der Waals surface area contributed by atoms with Crippen molar-refractivity contribution in [2.24, 2.45) is 23.2 Å². The Morgan fingerprint density at radius 2 is 1.50 bits per heavy atom. The number of carbonyl (C=O) groups excluding carboxylic acids is 1. The highest BCUT2D eigenvalue weighted by Crippen LogP contribution is 2.61. The Morgan fingerprint density at radius 3 is 1.86 bits per heavy atom. The molecule has 0 N–H and O–H groups in total. The molecule has 0 saturated heterocycles. The van der Waals surface area contributed by atoms with Gasteiger partial charge in [0.25, 0.3) is 0 Å². The molecule has 2 heteroatoms. The van der Waals surface area contributed by atoms with E-state index in [1.807, 2.05) is 0 Å². The Morgan fingerprint density at radius 1 is 1.07 bits per heavy atom. The average Bonchev–Trinajstić information content (AvgIpc) is 2.14. The summed E-state index contributed by atoms with van der Waals surface area (Å²) in [7, 11) is 0. The maximum atomic E-state index is 13.7. The van der Waals surface area contributed by atoms with Gasteiger partial charge in [0.05, 0.1) is 0 Å². The zero-order chi connectivity index (χ0) is 9.76. The minimum absolute atomic E-state index is 0.226. The number of hydrogen-bond donors (Lipinski definition) is 0. The molecule has 4 aliphatic carbocycles. The van der Waals surface area contributed by atoms with Crippen molar-refractivity contribution >= 4 is 6.29 Å². The van der Waals surface area contributed by atoms with Gasteiger partial charge < -0.3 is 4.79 Å². The first-order chi connectivity index (χ1) is 6.72. The lowest BCUT2D eigenvalue weighted by Gasteiger charge is -2.57. The van der Waals surface area contributed by atoms with E-state index in [1.165, 1.54) is 19.3 Å². The topological polar surface area (TPSA) is 17.1 Å². The van der Waals surface area contributed by atoms with Crippen LogP contribution < -0.4 is 0 Å². The monoisotopic (exact) mass is 196 g/mol. The van der Waals surface area contributed by atoms with Crippen molar-refractivity contribution in [1.82, 2.24) is 0 Å². The summed E-state index contributed by atoms with van der Waals surface area (Å²) in [5.74, 6) is 2.21. The quantitative estimate of drug-likeness (QED) is 0.621. The fourth-order valence-corrected chi connectivity index (χ4v) is 4.66. The summed E-state index contributed by atoms with van der Waals surface area (Å²) in [5.41, 5.74) is -0.226. The molecule has 0 spiro atoms. The van der Waals surface area contributed by atoms with Crippen molar-refractivity contribution in [2.75, 3.05) is 0 Å². The van der Waals surface area contributed by atoms with Gasteiger partial charge >= 0.3 is 0 Å². The lowest BCUT2D eigenvalue weighted by atomic mass is 9.48. The van der Waals surface area contributed by atoms with Gasteiger partial charge in [-0.25, -0.2) is 4.39 Å². The van der Waals surface area contributed by atoms with Gasteiger partial charge in [-0.3, -0.25) is 0 Å². The molecule has 4 saturated carbocycles. The van der Waals surface area contributed by atoms with E-state index in [9.17, 15) is 9.18 Å². The van der Waals surface area contributed by atoms with Gasteiger partial charge in [0.1, 0.15) is 0 Å². The molecule has 0 aromatic rings. The summed E-state index contributed by atoms with van der Waals surface area (Å²) < 4.78 is 13.7. The van der Waals surface area contributed by atoms with Gasteiger partial charge in [0, 0.05) is 5.41 Å². The Kier molecular flexibility index (Phi) is 1.78. The first kappa shape index (κ1) is 8.87. The van der Waals surface area contributed by atoms with Crippen LogP contribution in [0.25, 0.3) is 0 Å². The van der Waals surface area contributed by atoms with Crippen LogP contribution in [0.3, 0.4) is 0 Å². The molecule has 1 nitrogen and oxygen atoms in total. The summed E-state index contributed by atoms with van der Waals surface area (Å²) in [5, 5.41) is 0. The predicted octanol–water partition coefficient (Wildman–Crippen LogP) is 2.74. The number of rotatable bonds is 2. The summed E-state index contributed by atoms with van der Waals surface area (Å²) in [6.45, 7) is 0. The summed E-state index contributed by atoms with van der Waals surface area (Å²) in [6.07, 6.45) is 6.25. The number of hydrogen-bond acceptors (Lipinski definition) is 1. The molecule has 0 heterocycles. The van der Waals surface area contributed by atoms with Crippen LogP contribution in [-0.4, -0.2) is 12.5 Å². The lowest BCUT2D eigenvalue weighted by molar-refractivity contribution is -0.130. The summed E-state index contributed by atoms with van der Waals surface area (Å²) in [6, 6.07) is 0. The van der Waals surface area contributed by atoms with Gasteiger partial charge in [-0.05, 0) is 56.3 Å². The van der Waals surface area contributed by atoms with Gasteiger partial charge in [0.2, 0.25) is 0 Å². The Balaban J connectivity index is 1.90. The number of alkyl halides is 1. The zero-order valence-electron chi connectivity index (χ0n) is 8.42. The SMILES string of the molecule is O=C[C@@H](F)C12CC3CC(CC(C3)C1)C2. The highest BCUT2D eigenvalue weighted by atomic mass is 19.1. The number of aldehydes is 1. The average molecular weight is 196 g/mol. The number of halogens is 1. The normalized spacial score (nSPS) is 51.9. The van der Waals surface area contributed by atoms with Gasteiger partial charge in [0.15, 0.2) is 12.5 Å². The van der Waals surface area contributed by atoms with E-state index in [4.69, 9.17) is 0 Å². The van der Waals surface area contributed by atoms with E-state index in [0.29, 0.717) is 6.29 Å². The molecule has 4 aliphatic rings. The molecule has 78 valence electrons. The summed E-state index contributed by atoms with van der Waals surface area (Å²) in [4.78, 5) is 10.6. The van der Waals surface area contributed by atoms with Crippen LogP contribution in [0.1, 0.15) is 38.5 Å². The van der Waals surface area contributed by atoms with Crippen LogP contribution >= 0.6 is 0 Å². The van der Waals surface area contributed by atoms with Crippen molar-refractivity contribution in [3.05, 3.63) is 0 Å². The van der Waals surface area contributed by atoms with Crippen LogP contribution in [0.15, 0.2) is 0 Å². The van der Waals surface area contributed by atoms with Crippen LogP contribution in [0, 0.1) is 23.2 Å². The molecule has 0 aromatic heterocycles. The van der Waals surface area contributed by atoms with E-state index < -0.39 is 6.17 Å². The number of carbonyl (C=O) groups is 1. The Hall–Kier alpha value is -0.400. The second-order valence-corrected chi connectivity index (χ2v) is 5.82. The molecule has 0 aromatic carbocycles. The minimum Gasteiger partial charge on any atom is -0.300 e. The minimum atomic E-state index is -1.18. The van der Waals surface area contributed by atoms with Crippen LogP contribution in [0.5, 0.6) is 0 Å². The fourth-order valence-electron chi connectivity index (χ4n) is 4.66. The maximum absolute atomic E-state index is 13.7. The van der Waals surface area contributed by atoms with E-state index in [0.717, 1.165) is 37.0 Å². The van der Waals surface area contributed by atoms with Crippen LogP contribution in [0.4, 0.5) is 4.39 Å². The van der Waals surface area contributed by atoms with Crippen molar-refractivity contribution in [1.29, 1.82) is 0 Å². The smallest absolute Gasteiger partial charge is 0.161 e. The first-order valence-electron chi connectivity index (χ1n) is 5.81. The van der Waals surface area contributed by atoms with E-state index in [1.54, 1.807) is 0 Å². The lowest BCUT2D eigenvalue weighted by Crippen LogP contribution is -2.50. The highest BCUT2D eigenvalue weighted by Gasteiger charge is 2.54. The Labute approximate surface area is 84.1 Å². The van der Waals surface area contributed by atoms with E-state index >= 15 is 0 Å². The van der Waals surface area contributed by atoms with Gasteiger partial charge in [-0.15, -0.1) is 0 Å². The first-order valence-corrected chi connectivity index (χ1v) is 5.81. The largest absolute Gasteiger partial charge is 0.300 e. The second kappa shape index (κ2) is 2.80. The van der Waals surface area contributed by atoms with Gasteiger partial charge in [-0.2, -0.15) is 0 Å². The zero-order valence-corrected chi connectivity index (χ0v) is 8.42. The van der Waals surface area contributed by atoms with Crippen LogP contribution in [0.2, 0.25) is 0 Å². The predicted molar refractivity (Wildman–Crippen MR) is 51.6 cm³/mol. The van der Waals surface area contributed by atoms with Crippen molar-refractivity contribution < 1.29 is 9.18 Å². The second-order valence-electron chi connectivity index (χ2n) is 5.82. The van der Waals surface area contributed by atoms with Crippen LogP contribution in [-0.2, 0) is 4.79 Å². The van der Waals surface area contributed by atoms with Gasteiger partial charge in [-0.1, -0.05) is 0 Å². The standard InChI is InChI=1S/C12H17FO/c13-11(7-14)12-4-8-1-9(5-12)3-10(2-8)6-12/h7-11H,1-6H2/t8?,9?,10?,11-,12?/m1/s1. The van der Waals surface area contributed by atoms with Crippen molar-refractivity contribution in [3.63, 3.8) is 0 Å². The highest BCUT2D eigenvalue weighted by molar-refractivity contribution is 5.57. The third kappa shape index (κ3) is 1.09. The molecule has 0 amide bonds. The fraction of sp³-hybridized carbons (Fsp3) is 0.917. The molecule has 14 heavy (non-hydrogen) atoms. The summed E-state index contributed by atoms with van der Waals surface area (Å²) >= 11 is 0. The third-order valence-corrected chi connectivity index (χ3v) is 4.79. The maximum Gasteiger partial charge on any atom is 0.161 e. The van der Waals surface area contributed by atoms with E-state index in [2.05, 4.69) is 0 Å². The molecule has 4 bridgehead atoms.